The molecule has 0 aliphatic carbocycles. The lowest BCUT2D eigenvalue weighted by molar-refractivity contribution is 0.475. The summed E-state index contributed by atoms with van der Waals surface area (Å²) in [4.78, 5) is 0. The van der Waals surface area contributed by atoms with E-state index < -0.39 is 0 Å². The Balaban J connectivity index is 2.20. The van der Waals surface area contributed by atoms with Crippen LogP contribution in [0.25, 0.3) is 0 Å². The highest BCUT2D eigenvalue weighted by atomic mass is 35.5. The Hall–Kier alpha value is -1.51. The lowest BCUT2D eigenvalue weighted by Gasteiger charge is -2.18. The van der Waals surface area contributed by atoms with Crippen molar-refractivity contribution in [3.8, 4) is 5.75 Å². The second-order valence-electron chi connectivity index (χ2n) is 4.23. The molecule has 1 unspecified atom stereocenters. The minimum atomic E-state index is 0.170. The van der Waals surface area contributed by atoms with E-state index in [1.807, 2.05) is 43.4 Å². The number of phenols is 1. The van der Waals surface area contributed by atoms with Crippen molar-refractivity contribution in [3.05, 3.63) is 64.7 Å². The lowest BCUT2D eigenvalue weighted by atomic mass is 9.99. The van der Waals surface area contributed by atoms with Gasteiger partial charge in [-0.25, -0.2) is 0 Å². The fraction of sp³-hybridized carbons (Fsp3) is 0.200. The normalized spacial score (nSPS) is 12.3. The number of likely N-dealkylation sites (N-methyl/N-ethyl adjacent to an activating group) is 1. The van der Waals surface area contributed by atoms with Crippen LogP contribution in [-0.2, 0) is 6.42 Å². The summed E-state index contributed by atoms with van der Waals surface area (Å²) < 4.78 is 0. The monoisotopic (exact) mass is 261 g/mol. The van der Waals surface area contributed by atoms with E-state index in [1.54, 1.807) is 12.1 Å². The zero-order valence-corrected chi connectivity index (χ0v) is 11.0. The maximum Gasteiger partial charge on any atom is 0.115 e. The predicted molar refractivity (Wildman–Crippen MR) is 75.1 cm³/mol. The van der Waals surface area contributed by atoms with Gasteiger partial charge in [-0.3, -0.25) is 0 Å². The third kappa shape index (κ3) is 3.03. The van der Waals surface area contributed by atoms with Crippen LogP contribution >= 0.6 is 11.6 Å². The highest BCUT2D eigenvalue weighted by molar-refractivity contribution is 6.31. The molecule has 2 nitrogen and oxygen atoms in total. The molecular weight excluding hydrogens is 246 g/mol. The van der Waals surface area contributed by atoms with Crippen LogP contribution in [-0.4, -0.2) is 12.2 Å². The molecule has 94 valence electrons. The molecule has 0 spiro atoms. The number of aromatic hydroxyl groups is 1. The summed E-state index contributed by atoms with van der Waals surface area (Å²) in [5.41, 5.74) is 2.25. The van der Waals surface area contributed by atoms with Crippen LogP contribution in [0.2, 0.25) is 5.02 Å². The van der Waals surface area contributed by atoms with Crippen molar-refractivity contribution in [1.82, 2.24) is 5.32 Å². The number of halogens is 1. The average molecular weight is 262 g/mol. The molecule has 0 heterocycles. The van der Waals surface area contributed by atoms with Crippen LogP contribution in [0, 0.1) is 0 Å². The van der Waals surface area contributed by atoms with Gasteiger partial charge < -0.3 is 10.4 Å². The van der Waals surface area contributed by atoms with Crippen LogP contribution in [0.15, 0.2) is 48.5 Å². The maximum absolute atomic E-state index is 9.27. The number of hydrogen-bond donors (Lipinski definition) is 2. The fourth-order valence-electron chi connectivity index (χ4n) is 1.99. The van der Waals surface area contributed by atoms with Gasteiger partial charge in [-0.1, -0.05) is 41.9 Å². The molecule has 2 aromatic rings. The van der Waals surface area contributed by atoms with Crippen LogP contribution in [0.5, 0.6) is 5.75 Å². The summed E-state index contributed by atoms with van der Waals surface area (Å²) in [7, 11) is 1.93. The van der Waals surface area contributed by atoms with E-state index in [4.69, 9.17) is 11.6 Å². The van der Waals surface area contributed by atoms with E-state index >= 15 is 0 Å². The van der Waals surface area contributed by atoms with Gasteiger partial charge in [0.1, 0.15) is 5.75 Å². The van der Waals surface area contributed by atoms with Crippen molar-refractivity contribution < 1.29 is 5.11 Å². The number of rotatable bonds is 4. The first-order chi connectivity index (χ1) is 8.70. The topological polar surface area (TPSA) is 32.3 Å². The SMILES string of the molecule is CNC(Cc1ccc(O)cc1)c1ccccc1Cl. The van der Waals surface area contributed by atoms with Gasteiger partial charge in [0.25, 0.3) is 0 Å². The zero-order chi connectivity index (χ0) is 13.0. The second-order valence-corrected chi connectivity index (χ2v) is 4.64. The highest BCUT2D eigenvalue weighted by Gasteiger charge is 2.12. The standard InChI is InChI=1S/C15H16ClNO/c1-17-15(13-4-2-3-5-14(13)16)10-11-6-8-12(18)9-7-11/h2-9,15,17-18H,10H2,1H3. The first-order valence-corrected chi connectivity index (χ1v) is 6.28. The molecule has 0 aliphatic rings. The van der Waals surface area contributed by atoms with E-state index in [1.165, 1.54) is 0 Å². The minimum absolute atomic E-state index is 0.170. The van der Waals surface area contributed by atoms with Crippen LogP contribution in [0.4, 0.5) is 0 Å². The van der Waals surface area contributed by atoms with Gasteiger partial charge in [0.2, 0.25) is 0 Å². The van der Waals surface area contributed by atoms with Gasteiger partial charge in [0, 0.05) is 11.1 Å². The van der Waals surface area contributed by atoms with Gasteiger partial charge in [-0.05, 0) is 42.8 Å². The third-order valence-corrected chi connectivity index (χ3v) is 3.35. The summed E-state index contributed by atoms with van der Waals surface area (Å²) >= 11 is 6.21. The Bertz CT molecular complexity index is 510. The van der Waals surface area contributed by atoms with E-state index in [9.17, 15) is 5.11 Å². The van der Waals surface area contributed by atoms with Gasteiger partial charge in [0.05, 0.1) is 0 Å². The Kier molecular flexibility index (Phi) is 4.24. The Morgan fingerprint density at radius 3 is 2.39 bits per heavy atom. The van der Waals surface area contributed by atoms with Crippen LogP contribution < -0.4 is 5.32 Å². The molecule has 3 heteroatoms. The van der Waals surface area contributed by atoms with Gasteiger partial charge in [0.15, 0.2) is 0 Å². The van der Waals surface area contributed by atoms with Crippen LogP contribution in [0.1, 0.15) is 17.2 Å². The summed E-state index contributed by atoms with van der Waals surface area (Å²) in [5, 5.41) is 13.3. The first-order valence-electron chi connectivity index (χ1n) is 5.90. The van der Waals surface area contributed by atoms with Crippen LogP contribution in [0.3, 0.4) is 0 Å². The smallest absolute Gasteiger partial charge is 0.115 e. The molecular formula is C15H16ClNO. The molecule has 2 rings (SSSR count). The van der Waals surface area contributed by atoms with Gasteiger partial charge >= 0.3 is 0 Å². The Labute approximate surface area is 112 Å². The third-order valence-electron chi connectivity index (χ3n) is 3.01. The van der Waals surface area contributed by atoms with E-state index in [2.05, 4.69) is 5.32 Å². The summed E-state index contributed by atoms with van der Waals surface area (Å²) in [5.74, 6) is 0.289. The molecule has 0 aromatic heterocycles. The van der Waals surface area contributed by atoms with Crippen molar-refractivity contribution in [2.24, 2.45) is 0 Å². The predicted octanol–water partition coefficient (Wildman–Crippen LogP) is 3.55. The molecule has 0 saturated heterocycles. The summed E-state index contributed by atoms with van der Waals surface area (Å²) in [6.45, 7) is 0. The molecule has 0 fully saturated rings. The average Bonchev–Trinajstić information content (AvgIpc) is 2.39. The van der Waals surface area contributed by atoms with Crippen molar-refractivity contribution in [2.45, 2.75) is 12.5 Å². The molecule has 0 aliphatic heterocycles. The molecule has 0 saturated carbocycles. The molecule has 0 radical (unpaired) electrons. The largest absolute Gasteiger partial charge is 0.508 e. The quantitative estimate of drug-likeness (QED) is 0.882. The molecule has 0 bridgehead atoms. The van der Waals surface area contributed by atoms with Crippen molar-refractivity contribution in [2.75, 3.05) is 7.05 Å². The lowest BCUT2D eigenvalue weighted by Crippen LogP contribution is -2.19. The summed E-state index contributed by atoms with van der Waals surface area (Å²) in [6, 6.07) is 15.3. The molecule has 2 aromatic carbocycles. The minimum Gasteiger partial charge on any atom is -0.508 e. The number of phenolic OH excluding ortho intramolecular Hbond substituents is 1. The molecule has 18 heavy (non-hydrogen) atoms. The Morgan fingerprint density at radius 2 is 1.78 bits per heavy atom. The number of benzene rings is 2. The number of hydrogen-bond acceptors (Lipinski definition) is 2. The van der Waals surface area contributed by atoms with E-state index in [-0.39, 0.29) is 11.8 Å². The summed E-state index contributed by atoms with van der Waals surface area (Å²) in [6.07, 6.45) is 0.834. The first kappa shape index (κ1) is 12.9. The zero-order valence-electron chi connectivity index (χ0n) is 10.2. The van der Waals surface area contributed by atoms with E-state index in [0.29, 0.717) is 0 Å². The highest BCUT2D eigenvalue weighted by Crippen LogP contribution is 2.25. The fourth-order valence-corrected chi connectivity index (χ4v) is 2.26. The van der Waals surface area contributed by atoms with Gasteiger partial charge in [-0.15, -0.1) is 0 Å². The molecule has 2 N–H and O–H groups in total. The Morgan fingerprint density at radius 1 is 1.11 bits per heavy atom. The maximum atomic E-state index is 9.27. The molecule has 0 amide bonds. The molecule has 1 atom stereocenters. The van der Waals surface area contributed by atoms with Gasteiger partial charge in [-0.2, -0.15) is 0 Å². The van der Waals surface area contributed by atoms with Crippen molar-refractivity contribution >= 4 is 11.6 Å². The van der Waals surface area contributed by atoms with Crippen molar-refractivity contribution in [1.29, 1.82) is 0 Å². The second kappa shape index (κ2) is 5.89. The number of nitrogens with one attached hydrogen (secondary N) is 1. The van der Waals surface area contributed by atoms with E-state index in [0.717, 1.165) is 22.6 Å². The van der Waals surface area contributed by atoms with Crippen molar-refractivity contribution in [3.63, 3.8) is 0 Å².